The lowest BCUT2D eigenvalue weighted by atomic mass is 9.89. The quantitative estimate of drug-likeness (QED) is 0.332. The average molecular weight is 488 g/mol. The van der Waals surface area contributed by atoms with Crippen molar-refractivity contribution in [2.75, 3.05) is 0 Å². The molecule has 2 aromatic carbocycles. The van der Waals surface area contributed by atoms with E-state index in [9.17, 15) is 14.8 Å². The Morgan fingerprint density at radius 3 is 2.71 bits per heavy atom. The molecule has 35 heavy (non-hydrogen) atoms. The maximum Gasteiger partial charge on any atom is 0.156 e. The van der Waals surface area contributed by atoms with Crippen molar-refractivity contribution in [3.05, 3.63) is 105 Å². The van der Waals surface area contributed by atoms with Gasteiger partial charge in [0.05, 0.1) is 22.5 Å². The smallest absolute Gasteiger partial charge is 0.156 e. The van der Waals surface area contributed by atoms with E-state index in [1.807, 2.05) is 48.7 Å². The van der Waals surface area contributed by atoms with Gasteiger partial charge >= 0.3 is 0 Å². The number of rotatable bonds is 3. The Hall–Kier alpha value is -3.66. The SMILES string of the molecule is CC(C#N)=C1c2ccc(C(O)c3c(C(C)C)nc4c(Cl)cccn34)cc2COc2cc(F)ccc21. The minimum Gasteiger partial charge on any atom is -0.488 e. The lowest BCUT2D eigenvalue weighted by Crippen LogP contribution is -2.09. The second kappa shape index (κ2) is 8.84. The molecule has 5 rings (SSSR count). The molecule has 0 radical (unpaired) electrons. The summed E-state index contributed by atoms with van der Waals surface area (Å²) in [6.07, 6.45) is 0.867. The van der Waals surface area contributed by atoms with Gasteiger partial charge in [-0.1, -0.05) is 37.6 Å². The fraction of sp³-hybridized carbons (Fsp3) is 0.214. The number of allylic oxidation sites excluding steroid dienone is 1. The zero-order valence-corrected chi connectivity index (χ0v) is 20.3. The lowest BCUT2D eigenvalue weighted by molar-refractivity contribution is 0.212. The van der Waals surface area contributed by atoms with Crippen LogP contribution in [0, 0.1) is 17.1 Å². The molecule has 0 aliphatic carbocycles. The van der Waals surface area contributed by atoms with E-state index in [0.717, 1.165) is 16.8 Å². The predicted octanol–water partition coefficient (Wildman–Crippen LogP) is 6.57. The van der Waals surface area contributed by atoms with Gasteiger partial charge in [0, 0.05) is 29.0 Å². The van der Waals surface area contributed by atoms with Crippen LogP contribution in [-0.4, -0.2) is 14.5 Å². The number of nitrogens with zero attached hydrogens (tertiary/aromatic N) is 3. The molecule has 3 heterocycles. The van der Waals surface area contributed by atoms with Crippen molar-refractivity contribution in [2.45, 2.75) is 39.4 Å². The van der Waals surface area contributed by atoms with Gasteiger partial charge in [0.25, 0.3) is 0 Å². The van der Waals surface area contributed by atoms with Crippen molar-refractivity contribution in [2.24, 2.45) is 0 Å². The second-order valence-electron chi connectivity index (χ2n) is 8.95. The van der Waals surface area contributed by atoms with Crippen molar-refractivity contribution in [3.8, 4) is 11.8 Å². The van der Waals surface area contributed by atoms with E-state index in [0.29, 0.717) is 44.4 Å². The first-order valence-corrected chi connectivity index (χ1v) is 11.7. The Morgan fingerprint density at radius 2 is 1.97 bits per heavy atom. The van der Waals surface area contributed by atoms with Gasteiger partial charge in [-0.2, -0.15) is 5.26 Å². The highest BCUT2D eigenvalue weighted by Crippen LogP contribution is 2.40. The maximum absolute atomic E-state index is 13.9. The van der Waals surface area contributed by atoms with E-state index in [2.05, 4.69) is 6.07 Å². The number of pyridine rings is 1. The molecule has 0 amide bonds. The number of aliphatic hydroxyl groups is 1. The van der Waals surface area contributed by atoms with Crippen LogP contribution in [0.1, 0.15) is 66.4 Å². The number of fused-ring (bicyclic) bond motifs is 3. The van der Waals surface area contributed by atoms with Crippen LogP contribution >= 0.6 is 11.6 Å². The molecule has 1 N–H and O–H groups in total. The van der Waals surface area contributed by atoms with Crippen LogP contribution in [0.5, 0.6) is 5.75 Å². The number of hydrogen-bond donors (Lipinski definition) is 1. The minimum absolute atomic E-state index is 0.0667. The van der Waals surface area contributed by atoms with Gasteiger partial charge in [0.2, 0.25) is 0 Å². The third-order valence-electron chi connectivity index (χ3n) is 6.33. The number of halogens is 2. The van der Waals surface area contributed by atoms with Crippen LogP contribution in [0.2, 0.25) is 5.02 Å². The molecule has 1 unspecified atom stereocenters. The van der Waals surface area contributed by atoms with Crippen LogP contribution in [0.4, 0.5) is 4.39 Å². The number of nitriles is 1. The Bertz CT molecular complexity index is 1550. The molecule has 5 nitrogen and oxygen atoms in total. The molecule has 1 aliphatic heterocycles. The summed E-state index contributed by atoms with van der Waals surface area (Å²) in [5, 5.41) is 21.7. The molecule has 0 saturated heterocycles. The first kappa shape index (κ1) is 23.1. The van der Waals surface area contributed by atoms with Gasteiger partial charge in [0.1, 0.15) is 24.3 Å². The number of hydrogen-bond acceptors (Lipinski definition) is 4. The summed E-state index contributed by atoms with van der Waals surface area (Å²) in [4.78, 5) is 4.71. The van der Waals surface area contributed by atoms with Gasteiger partial charge in [-0.3, -0.25) is 4.40 Å². The van der Waals surface area contributed by atoms with Crippen molar-refractivity contribution in [1.82, 2.24) is 9.38 Å². The Balaban J connectivity index is 1.66. The van der Waals surface area contributed by atoms with Gasteiger partial charge in [-0.05, 0) is 59.9 Å². The molecular weight excluding hydrogens is 465 g/mol. The van der Waals surface area contributed by atoms with E-state index in [-0.39, 0.29) is 12.5 Å². The fourth-order valence-electron chi connectivity index (χ4n) is 4.65. The van der Waals surface area contributed by atoms with E-state index < -0.39 is 11.9 Å². The summed E-state index contributed by atoms with van der Waals surface area (Å²) in [6, 6.07) is 15.7. The average Bonchev–Trinajstić information content (AvgIpc) is 3.17. The molecule has 1 aliphatic rings. The summed E-state index contributed by atoms with van der Waals surface area (Å²) in [7, 11) is 0. The molecule has 0 spiro atoms. The number of ether oxygens (including phenoxy) is 1. The highest BCUT2D eigenvalue weighted by atomic mass is 35.5. The van der Waals surface area contributed by atoms with Crippen LogP contribution < -0.4 is 4.74 Å². The molecular formula is C28H23ClFN3O2. The zero-order valence-electron chi connectivity index (χ0n) is 19.5. The standard InChI is InChI=1S/C28H23ClFN3O2/c1-15(2)25-26(33-10-4-5-22(29)28(33)32-25)27(34)17-6-8-20-18(11-17)14-35-23-12-19(30)7-9-21(23)24(20)16(3)13-31/h4-12,15,27,34H,14H2,1-3H3. The maximum atomic E-state index is 13.9. The first-order valence-electron chi connectivity index (χ1n) is 11.3. The minimum atomic E-state index is -0.973. The van der Waals surface area contributed by atoms with Crippen LogP contribution in [0.25, 0.3) is 11.2 Å². The summed E-state index contributed by atoms with van der Waals surface area (Å²) in [5.41, 5.74) is 6.13. The van der Waals surface area contributed by atoms with Crippen molar-refractivity contribution >= 4 is 22.8 Å². The van der Waals surface area contributed by atoms with E-state index in [1.165, 1.54) is 12.1 Å². The van der Waals surface area contributed by atoms with E-state index >= 15 is 0 Å². The van der Waals surface area contributed by atoms with E-state index in [4.69, 9.17) is 21.3 Å². The third kappa shape index (κ3) is 3.87. The highest BCUT2D eigenvalue weighted by Gasteiger charge is 2.27. The van der Waals surface area contributed by atoms with Gasteiger partial charge < -0.3 is 9.84 Å². The highest BCUT2D eigenvalue weighted by molar-refractivity contribution is 6.33. The normalized spacial score (nSPS) is 15.1. The predicted molar refractivity (Wildman–Crippen MR) is 133 cm³/mol. The summed E-state index contributed by atoms with van der Waals surface area (Å²) in [5.74, 6) is 0.0377. The molecule has 176 valence electrons. The molecule has 4 aromatic rings. The molecule has 7 heteroatoms. The van der Waals surface area contributed by atoms with Gasteiger partial charge in [-0.25, -0.2) is 9.37 Å². The second-order valence-corrected chi connectivity index (χ2v) is 9.35. The van der Waals surface area contributed by atoms with Crippen molar-refractivity contribution < 1.29 is 14.2 Å². The Labute approximate surface area is 207 Å². The molecule has 0 saturated carbocycles. The van der Waals surface area contributed by atoms with Crippen molar-refractivity contribution in [1.29, 1.82) is 5.26 Å². The van der Waals surface area contributed by atoms with Gasteiger partial charge in [0.15, 0.2) is 5.65 Å². The fourth-order valence-corrected chi connectivity index (χ4v) is 4.86. The Kier molecular flexibility index (Phi) is 5.84. The summed E-state index contributed by atoms with van der Waals surface area (Å²) >= 11 is 6.39. The summed E-state index contributed by atoms with van der Waals surface area (Å²) in [6.45, 7) is 5.95. The summed E-state index contributed by atoms with van der Waals surface area (Å²) < 4.78 is 21.7. The molecule has 0 fully saturated rings. The number of aromatic nitrogens is 2. The third-order valence-corrected chi connectivity index (χ3v) is 6.62. The van der Waals surface area contributed by atoms with Crippen LogP contribution in [0.3, 0.4) is 0 Å². The first-order chi connectivity index (χ1) is 16.8. The monoisotopic (exact) mass is 487 g/mol. The number of aliphatic hydroxyl groups excluding tert-OH is 1. The number of imidazole rings is 1. The topological polar surface area (TPSA) is 70.5 Å². The zero-order chi connectivity index (χ0) is 24.9. The molecule has 1 atom stereocenters. The molecule has 2 aromatic heterocycles. The largest absolute Gasteiger partial charge is 0.488 e. The van der Waals surface area contributed by atoms with Crippen LogP contribution in [0.15, 0.2) is 60.3 Å². The van der Waals surface area contributed by atoms with Crippen LogP contribution in [-0.2, 0) is 6.61 Å². The Morgan fingerprint density at radius 1 is 1.20 bits per heavy atom. The lowest BCUT2D eigenvalue weighted by Gasteiger charge is -2.17. The van der Waals surface area contributed by atoms with Gasteiger partial charge in [-0.15, -0.1) is 0 Å². The molecule has 0 bridgehead atoms. The number of benzene rings is 2. The van der Waals surface area contributed by atoms with Crippen molar-refractivity contribution in [3.63, 3.8) is 0 Å². The van der Waals surface area contributed by atoms with E-state index in [1.54, 1.807) is 19.1 Å².